The predicted octanol–water partition coefficient (Wildman–Crippen LogP) is 3.07. The van der Waals surface area contributed by atoms with Crippen molar-refractivity contribution in [3.8, 4) is 0 Å². The molecule has 170 valence electrons. The van der Waals surface area contributed by atoms with E-state index in [9.17, 15) is 9.59 Å². The summed E-state index contributed by atoms with van der Waals surface area (Å²) in [5, 5.41) is 6.50. The van der Waals surface area contributed by atoms with Crippen LogP contribution in [0.1, 0.15) is 62.6 Å². The number of piperazine rings is 1. The third kappa shape index (κ3) is 4.54. The minimum absolute atomic E-state index is 0.114. The van der Waals surface area contributed by atoms with Crippen LogP contribution in [-0.4, -0.2) is 59.3 Å². The quantitative estimate of drug-likeness (QED) is 0.702. The second-order valence-electron chi connectivity index (χ2n) is 10.4. The highest BCUT2D eigenvalue weighted by molar-refractivity contribution is 7.09. The third-order valence-corrected chi connectivity index (χ3v) is 9.20. The van der Waals surface area contributed by atoms with Gasteiger partial charge in [0.05, 0.1) is 10.7 Å². The van der Waals surface area contributed by atoms with Crippen LogP contribution in [0.5, 0.6) is 0 Å². The lowest BCUT2D eigenvalue weighted by atomic mass is 9.49. The molecule has 0 spiro atoms. The van der Waals surface area contributed by atoms with Crippen LogP contribution < -0.4 is 5.32 Å². The first-order valence-electron chi connectivity index (χ1n) is 12.2. The molecule has 1 N–H and O–H groups in total. The van der Waals surface area contributed by atoms with Crippen molar-refractivity contribution in [2.75, 3.05) is 32.7 Å². The SMILES string of the molecule is CCc1nc(CN2CCN(C(=O)CCNC(=O)C34CC5CC(CC(C5)C3)C4)CC2)cs1. The van der Waals surface area contributed by atoms with Gasteiger partial charge in [0, 0.05) is 56.5 Å². The zero-order chi connectivity index (χ0) is 21.4. The molecule has 0 unspecified atom stereocenters. The highest BCUT2D eigenvalue weighted by atomic mass is 32.1. The highest BCUT2D eigenvalue weighted by Crippen LogP contribution is 2.60. The lowest BCUT2D eigenvalue weighted by Crippen LogP contribution is -2.54. The number of rotatable bonds is 7. The van der Waals surface area contributed by atoms with Crippen molar-refractivity contribution < 1.29 is 9.59 Å². The van der Waals surface area contributed by atoms with Crippen LogP contribution in [0.15, 0.2) is 5.38 Å². The maximum atomic E-state index is 13.0. The first kappa shape index (κ1) is 21.4. The lowest BCUT2D eigenvalue weighted by molar-refractivity contribution is -0.146. The van der Waals surface area contributed by atoms with E-state index in [1.807, 2.05) is 4.90 Å². The molecule has 2 amide bonds. The topological polar surface area (TPSA) is 65.5 Å². The molecule has 0 aromatic carbocycles. The standard InChI is InChI=1S/C24H36N4O2S/c1-2-21-26-20(16-31-21)15-27-5-7-28(8-6-27)22(29)3-4-25-23(30)24-12-17-9-18(13-24)11-19(10-17)14-24/h16-19H,2-15H2,1H3,(H,25,30). The van der Waals surface area contributed by atoms with Crippen LogP contribution in [0.3, 0.4) is 0 Å². The number of hydrogen-bond acceptors (Lipinski definition) is 5. The summed E-state index contributed by atoms with van der Waals surface area (Å²) in [4.78, 5) is 34.7. The van der Waals surface area contributed by atoms with E-state index in [4.69, 9.17) is 0 Å². The first-order chi connectivity index (χ1) is 15.0. The largest absolute Gasteiger partial charge is 0.355 e. The Balaban J connectivity index is 1.04. The molecule has 1 saturated heterocycles. The van der Waals surface area contributed by atoms with Crippen LogP contribution in [0.4, 0.5) is 0 Å². The molecule has 31 heavy (non-hydrogen) atoms. The van der Waals surface area contributed by atoms with Gasteiger partial charge in [-0.2, -0.15) is 0 Å². The van der Waals surface area contributed by atoms with Gasteiger partial charge < -0.3 is 10.2 Å². The molecule has 4 bridgehead atoms. The monoisotopic (exact) mass is 444 g/mol. The Kier molecular flexibility index (Phi) is 6.08. The van der Waals surface area contributed by atoms with Crippen molar-refractivity contribution in [2.45, 2.75) is 64.8 Å². The fourth-order valence-electron chi connectivity index (χ4n) is 6.99. The van der Waals surface area contributed by atoms with Crippen molar-refractivity contribution in [3.05, 3.63) is 16.1 Å². The van der Waals surface area contributed by atoms with Crippen LogP contribution in [0.2, 0.25) is 0 Å². The highest BCUT2D eigenvalue weighted by Gasteiger charge is 2.54. The fraction of sp³-hybridized carbons (Fsp3) is 0.792. The average molecular weight is 445 g/mol. The van der Waals surface area contributed by atoms with E-state index < -0.39 is 0 Å². The zero-order valence-corrected chi connectivity index (χ0v) is 19.6. The van der Waals surface area contributed by atoms with Gasteiger partial charge in [-0.15, -0.1) is 11.3 Å². The molecule has 2 heterocycles. The van der Waals surface area contributed by atoms with Crippen molar-refractivity contribution in [2.24, 2.45) is 23.2 Å². The van der Waals surface area contributed by atoms with Gasteiger partial charge in [-0.05, 0) is 62.7 Å². The summed E-state index contributed by atoms with van der Waals surface area (Å²) < 4.78 is 0. The summed E-state index contributed by atoms with van der Waals surface area (Å²) in [6.07, 6.45) is 8.70. The molecule has 7 heteroatoms. The maximum absolute atomic E-state index is 13.0. The number of aromatic nitrogens is 1. The molecule has 0 radical (unpaired) electrons. The Bertz CT molecular complexity index is 779. The predicted molar refractivity (Wildman–Crippen MR) is 122 cm³/mol. The van der Waals surface area contributed by atoms with E-state index >= 15 is 0 Å². The molecule has 6 nitrogen and oxygen atoms in total. The van der Waals surface area contributed by atoms with Crippen molar-refractivity contribution in [3.63, 3.8) is 0 Å². The molecule has 1 aliphatic heterocycles. The number of hydrogen-bond donors (Lipinski definition) is 1. The summed E-state index contributed by atoms with van der Waals surface area (Å²) in [6, 6.07) is 0. The minimum atomic E-state index is -0.114. The Labute approximate surface area is 189 Å². The van der Waals surface area contributed by atoms with Crippen molar-refractivity contribution >= 4 is 23.2 Å². The van der Waals surface area contributed by atoms with Gasteiger partial charge in [0.1, 0.15) is 0 Å². The van der Waals surface area contributed by atoms with Gasteiger partial charge in [0.25, 0.3) is 0 Å². The Morgan fingerprint density at radius 1 is 1.10 bits per heavy atom. The third-order valence-electron chi connectivity index (χ3n) is 8.16. The van der Waals surface area contributed by atoms with Crippen LogP contribution >= 0.6 is 11.3 Å². The van der Waals surface area contributed by atoms with Gasteiger partial charge >= 0.3 is 0 Å². The van der Waals surface area contributed by atoms with E-state index in [1.165, 1.54) is 24.3 Å². The van der Waals surface area contributed by atoms with Crippen LogP contribution in [0.25, 0.3) is 0 Å². The smallest absolute Gasteiger partial charge is 0.226 e. The molecule has 0 atom stereocenters. The molecule has 4 aliphatic carbocycles. The number of amides is 2. The Morgan fingerprint density at radius 2 is 1.74 bits per heavy atom. The summed E-state index contributed by atoms with van der Waals surface area (Å²) in [7, 11) is 0. The normalized spacial score (nSPS) is 32.4. The van der Waals surface area contributed by atoms with E-state index in [0.29, 0.717) is 13.0 Å². The van der Waals surface area contributed by atoms with Crippen LogP contribution in [-0.2, 0) is 22.6 Å². The molecular weight excluding hydrogens is 408 g/mol. The lowest BCUT2D eigenvalue weighted by Gasteiger charge is -2.55. The fourth-order valence-corrected chi connectivity index (χ4v) is 7.72. The molecule has 5 fully saturated rings. The molecular formula is C24H36N4O2S. The summed E-state index contributed by atoms with van der Waals surface area (Å²) >= 11 is 1.74. The van der Waals surface area contributed by atoms with Gasteiger partial charge in [-0.1, -0.05) is 6.92 Å². The molecule has 5 aliphatic rings. The Morgan fingerprint density at radius 3 is 2.32 bits per heavy atom. The van der Waals surface area contributed by atoms with Gasteiger partial charge in [0.15, 0.2) is 0 Å². The zero-order valence-electron chi connectivity index (χ0n) is 18.8. The maximum Gasteiger partial charge on any atom is 0.226 e. The number of carbonyl (C=O) groups is 2. The number of carbonyl (C=O) groups excluding carboxylic acids is 2. The summed E-state index contributed by atoms with van der Waals surface area (Å²) in [5.41, 5.74) is 1.03. The van der Waals surface area contributed by atoms with Gasteiger partial charge in [-0.3, -0.25) is 14.5 Å². The number of nitrogens with zero attached hydrogens (tertiary/aromatic N) is 3. The molecule has 6 rings (SSSR count). The summed E-state index contributed by atoms with van der Waals surface area (Å²) in [5.74, 6) is 2.72. The second kappa shape index (κ2) is 8.81. The number of aryl methyl sites for hydroxylation is 1. The van der Waals surface area contributed by atoms with Crippen molar-refractivity contribution in [1.82, 2.24) is 20.1 Å². The van der Waals surface area contributed by atoms with Crippen molar-refractivity contribution in [1.29, 1.82) is 0 Å². The average Bonchev–Trinajstić information content (AvgIpc) is 3.20. The summed E-state index contributed by atoms with van der Waals surface area (Å²) in [6.45, 7) is 6.82. The van der Waals surface area contributed by atoms with E-state index in [0.717, 1.165) is 81.9 Å². The molecule has 1 aromatic heterocycles. The van der Waals surface area contributed by atoms with Crippen LogP contribution in [0, 0.1) is 23.2 Å². The van der Waals surface area contributed by atoms with E-state index in [2.05, 4.69) is 27.5 Å². The van der Waals surface area contributed by atoms with E-state index in [1.54, 1.807) is 11.3 Å². The minimum Gasteiger partial charge on any atom is -0.355 e. The number of thiazole rings is 1. The molecule has 1 aromatic rings. The van der Waals surface area contributed by atoms with E-state index in [-0.39, 0.29) is 17.2 Å². The van der Waals surface area contributed by atoms with Gasteiger partial charge in [0.2, 0.25) is 11.8 Å². The number of nitrogens with one attached hydrogen (secondary N) is 1. The van der Waals surface area contributed by atoms with Gasteiger partial charge in [-0.25, -0.2) is 4.98 Å². The first-order valence-corrected chi connectivity index (χ1v) is 13.1. The molecule has 4 saturated carbocycles. The second-order valence-corrected chi connectivity index (χ2v) is 11.4. The Hall–Kier alpha value is -1.47.